The third-order valence-corrected chi connectivity index (χ3v) is 6.95. The van der Waals surface area contributed by atoms with E-state index >= 15 is 0 Å². The molecule has 11 nitrogen and oxygen atoms in total. The summed E-state index contributed by atoms with van der Waals surface area (Å²) in [5, 5.41) is 17.2. The number of alkyl halides is 5. The number of benzene rings is 3. The Morgan fingerprint density at radius 3 is 2.08 bits per heavy atom. The number of nitrogens with one attached hydrogen (secondary N) is 4. The second kappa shape index (κ2) is 16.3. The second-order valence-electron chi connectivity index (χ2n) is 10.6. The van der Waals surface area contributed by atoms with E-state index in [1.165, 1.54) is 55.6 Å². The normalized spacial score (nSPS) is 13.1. The van der Waals surface area contributed by atoms with Crippen LogP contribution in [-0.4, -0.2) is 67.2 Å². The average Bonchev–Trinajstić information content (AvgIpc) is 3.08. The zero-order valence-corrected chi connectivity index (χ0v) is 25.9. The fourth-order valence-electron chi connectivity index (χ4n) is 4.42. The summed E-state index contributed by atoms with van der Waals surface area (Å²) >= 11 is 0. The van der Waals surface area contributed by atoms with Gasteiger partial charge in [-0.2, -0.15) is 27.2 Å². The summed E-state index contributed by atoms with van der Waals surface area (Å²) in [6.07, 6.45) is -5.19. The van der Waals surface area contributed by atoms with Crippen LogP contribution in [0.2, 0.25) is 0 Å². The van der Waals surface area contributed by atoms with Crippen molar-refractivity contribution < 1.29 is 50.7 Å². The standard InChI is InChI=1S/C33H30F5N5O6/c1-19(27(44)33(37,38)31(48)40-18-32(34,35)36)41-30(47)26(22-11-13-24(49-2)14-12-22)43-29(46)25(16-20-7-6-8-21(15-20)17-39)42-28(45)23-9-4-3-5-10-23/h3-15,19,25-26H,16,18H2,1-2H3,(H,40,48)(H,41,47)(H,42,45)(H,43,46)/t19-,25-,26-/m0/s1. The van der Waals surface area contributed by atoms with Crippen molar-refractivity contribution in [3.63, 3.8) is 0 Å². The molecule has 4 amide bonds. The lowest BCUT2D eigenvalue weighted by Crippen LogP contribution is -2.56. The van der Waals surface area contributed by atoms with Crippen LogP contribution in [0.1, 0.15) is 40.0 Å². The molecule has 3 atom stereocenters. The van der Waals surface area contributed by atoms with Gasteiger partial charge in [0, 0.05) is 12.0 Å². The lowest BCUT2D eigenvalue weighted by atomic mass is 10.0. The number of hydrogen-bond acceptors (Lipinski definition) is 7. The minimum absolute atomic E-state index is 0.0700. The number of hydrogen-bond donors (Lipinski definition) is 4. The predicted molar refractivity (Wildman–Crippen MR) is 163 cm³/mol. The van der Waals surface area contributed by atoms with Gasteiger partial charge in [-0.15, -0.1) is 0 Å². The quantitative estimate of drug-likeness (QED) is 0.149. The van der Waals surface area contributed by atoms with Crippen molar-refractivity contribution >= 4 is 29.4 Å². The van der Waals surface area contributed by atoms with Crippen LogP contribution in [0.15, 0.2) is 78.9 Å². The van der Waals surface area contributed by atoms with Gasteiger partial charge in [0.2, 0.25) is 17.6 Å². The van der Waals surface area contributed by atoms with Gasteiger partial charge in [-0.1, -0.05) is 42.5 Å². The Hall–Kier alpha value is -5.85. The number of methoxy groups -OCH3 is 1. The maximum atomic E-state index is 14.5. The van der Waals surface area contributed by atoms with Crippen LogP contribution in [0.4, 0.5) is 22.0 Å². The molecule has 3 aromatic carbocycles. The highest BCUT2D eigenvalue weighted by Gasteiger charge is 2.50. The smallest absolute Gasteiger partial charge is 0.405 e. The van der Waals surface area contributed by atoms with Gasteiger partial charge in [-0.3, -0.25) is 24.0 Å². The third-order valence-electron chi connectivity index (χ3n) is 6.95. The van der Waals surface area contributed by atoms with Crippen molar-refractivity contribution in [3.05, 3.63) is 101 Å². The molecule has 3 rings (SSSR count). The molecule has 0 fully saturated rings. The Morgan fingerprint density at radius 2 is 1.49 bits per heavy atom. The first-order chi connectivity index (χ1) is 23.0. The van der Waals surface area contributed by atoms with Crippen LogP contribution in [-0.2, 0) is 25.6 Å². The molecular formula is C33H30F5N5O6. The lowest BCUT2D eigenvalue weighted by molar-refractivity contribution is -0.165. The van der Waals surface area contributed by atoms with Gasteiger partial charge in [0.05, 0.1) is 24.8 Å². The molecule has 0 aliphatic heterocycles. The summed E-state index contributed by atoms with van der Waals surface area (Å²) < 4.78 is 71.4. The van der Waals surface area contributed by atoms with Gasteiger partial charge in [0.25, 0.3) is 11.8 Å². The maximum absolute atomic E-state index is 14.5. The monoisotopic (exact) mass is 687 g/mol. The number of ketones is 1. The van der Waals surface area contributed by atoms with Crippen molar-refractivity contribution in [1.82, 2.24) is 21.3 Å². The van der Waals surface area contributed by atoms with Gasteiger partial charge < -0.3 is 26.0 Å². The van der Waals surface area contributed by atoms with Crippen molar-refractivity contribution in [2.45, 2.75) is 43.6 Å². The molecule has 0 aliphatic rings. The first kappa shape index (κ1) is 37.6. The largest absolute Gasteiger partial charge is 0.497 e. The Bertz CT molecular complexity index is 1710. The number of amides is 4. The summed E-state index contributed by atoms with van der Waals surface area (Å²) in [4.78, 5) is 64.5. The topological polar surface area (TPSA) is 166 Å². The van der Waals surface area contributed by atoms with Crippen LogP contribution in [0.25, 0.3) is 0 Å². The highest BCUT2D eigenvalue weighted by molar-refractivity contribution is 6.10. The van der Waals surface area contributed by atoms with Crippen LogP contribution >= 0.6 is 0 Å². The van der Waals surface area contributed by atoms with Crippen LogP contribution in [0, 0.1) is 11.3 Å². The summed E-state index contributed by atoms with van der Waals surface area (Å²) in [5.74, 6) is -12.2. The lowest BCUT2D eigenvalue weighted by Gasteiger charge is -2.26. The molecule has 0 heterocycles. The summed E-state index contributed by atoms with van der Waals surface area (Å²) in [7, 11) is 1.36. The maximum Gasteiger partial charge on any atom is 0.405 e. The molecule has 3 aromatic rings. The van der Waals surface area contributed by atoms with Crippen LogP contribution < -0.4 is 26.0 Å². The van der Waals surface area contributed by atoms with Crippen molar-refractivity contribution in [2.24, 2.45) is 0 Å². The zero-order valence-electron chi connectivity index (χ0n) is 25.9. The number of nitrogens with zero attached hydrogens (tertiary/aromatic N) is 1. The molecule has 0 aromatic heterocycles. The number of Topliss-reactive ketones (excluding diaryl/α,β-unsaturated/α-hetero) is 1. The van der Waals surface area contributed by atoms with Crippen molar-refractivity contribution in [1.29, 1.82) is 5.26 Å². The number of halogens is 5. The molecule has 0 spiro atoms. The number of carbonyl (C=O) groups is 5. The third kappa shape index (κ3) is 10.6. The minimum atomic E-state index is -5.03. The summed E-state index contributed by atoms with van der Waals surface area (Å²) in [6, 6.07) is 16.3. The molecule has 16 heteroatoms. The van der Waals surface area contributed by atoms with E-state index in [1.807, 2.05) is 11.4 Å². The first-order valence-electron chi connectivity index (χ1n) is 14.4. The number of nitriles is 1. The number of rotatable bonds is 14. The molecule has 0 radical (unpaired) electrons. The van der Waals surface area contributed by atoms with Gasteiger partial charge in [0.15, 0.2) is 0 Å². The minimum Gasteiger partial charge on any atom is -0.497 e. The fourth-order valence-corrected chi connectivity index (χ4v) is 4.42. The Labute approximate surface area is 276 Å². The molecule has 0 unspecified atom stereocenters. The average molecular weight is 688 g/mol. The van der Waals surface area contributed by atoms with E-state index in [0.717, 1.165) is 12.2 Å². The fraction of sp³-hybridized carbons (Fsp3) is 0.273. The molecule has 258 valence electrons. The van der Waals surface area contributed by atoms with Crippen LogP contribution in [0.3, 0.4) is 0 Å². The Kier molecular flexibility index (Phi) is 12.5. The molecule has 49 heavy (non-hydrogen) atoms. The number of ether oxygens (including phenoxy) is 1. The molecular weight excluding hydrogens is 657 g/mol. The van der Waals surface area contributed by atoms with E-state index in [1.54, 1.807) is 30.3 Å². The molecule has 0 saturated heterocycles. The van der Waals surface area contributed by atoms with E-state index < -0.39 is 66.2 Å². The van der Waals surface area contributed by atoms with E-state index in [2.05, 4.69) is 10.6 Å². The highest BCUT2D eigenvalue weighted by Crippen LogP contribution is 2.22. The Balaban J connectivity index is 1.90. The van der Waals surface area contributed by atoms with Gasteiger partial charge in [0.1, 0.15) is 24.4 Å². The molecule has 0 aliphatic carbocycles. The van der Waals surface area contributed by atoms with Gasteiger partial charge >= 0.3 is 12.1 Å². The van der Waals surface area contributed by atoms with Crippen molar-refractivity contribution in [2.75, 3.05) is 13.7 Å². The highest BCUT2D eigenvalue weighted by atomic mass is 19.4. The predicted octanol–water partition coefficient (Wildman–Crippen LogP) is 3.15. The van der Waals surface area contributed by atoms with Gasteiger partial charge in [-0.05, 0) is 54.4 Å². The van der Waals surface area contributed by atoms with E-state index in [4.69, 9.17) is 4.74 Å². The van der Waals surface area contributed by atoms with Crippen LogP contribution in [0.5, 0.6) is 5.75 Å². The second-order valence-corrected chi connectivity index (χ2v) is 10.6. The zero-order chi connectivity index (χ0) is 36.4. The SMILES string of the molecule is COc1ccc([C@H](NC(=O)[C@H](Cc2cccc(C#N)c2)NC(=O)c2ccccc2)C(=O)N[C@@H](C)C(=O)C(F)(F)C(=O)NCC(F)(F)F)cc1. The molecule has 0 saturated carbocycles. The first-order valence-corrected chi connectivity index (χ1v) is 14.4. The Morgan fingerprint density at radius 1 is 0.837 bits per heavy atom. The van der Waals surface area contributed by atoms with Gasteiger partial charge in [-0.25, -0.2) is 0 Å². The molecule has 0 bridgehead atoms. The number of carbonyl (C=O) groups excluding carboxylic acids is 5. The van der Waals surface area contributed by atoms with E-state index in [0.29, 0.717) is 11.3 Å². The van der Waals surface area contributed by atoms with Crippen molar-refractivity contribution in [3.8, 4) is 11.8 Å². The van der Waals surface area contributed by atoms with E-state index in [9.17, 15) is 51.2 Å². The summed E-state index contributed by atoms with van der Waals surface area (Å²) in [5.41, 5.74) is 0.996. The van der Waals surface area contributed by atoms with E-state index in [-0.39, 0.29) is 23.1 Å². The summed E-state index contributed by atoms with van der Waals surface area (Å²) in [6.45, 7) is -1.34. The molecule has 4 N–H and O–H groups in total.